The van der Waals surface area contributed by atoms with Crippen molar-refractivity contribution in [2.75, 3.05) is 6.61 Å². The average Bonchev–Trinajstić information content (AvgIpc) is 2.17. The molecule has 0 radical (unpaired) electrons. The summed E-state index contributed by atoms with van der Waals surface area (Å²) >= 11 is 0. The molecule has 3 heteroatoms. The molecule has 0 bridgehead atoms. The summed E-state index contributed by atoms with van der Waals surface area (Å²) < 4.78 is 5.45. The van der Waals surface area contributed by atoms with Crippen LogP contribution in [-0.2, 0) is 6.61 Å². The zero-order valence-electron chi connectivity index (χ0n) is 8.79. The zero-order chi connectivity index (χ0) is 10.4. The molecule has 0 aromatic carbocycles. The van der Waals surface area contributed by atoms with Gasteiger partial charge in [-0.1, -0.05) is 13.3 Å². The van der Waals surface area contributed by atoms with Gasteiger partial charge in [0.15, 0.2) is 0 Å². The predicted molar refractivity (Wildman–Crippen MR) is 55.3 cm³/mol. The average molecular weight is 195 g/mol. The van der Waals surface area contributed by atoms with Crippen LogP contribution in [0.2, 0.25) is 0 Å². The van der Waals surface area contributed by atoms with Crippen molar-refractivity contribution in [3.63, 3.8) is 0 Å². The number of unbranched alkanes of at least 4 members (excludes halogenated alkanes) is 1. The highest BCUT2D eigenvalue weighted by Gasteiger charge is 1.99. The topological polar surface area (TPSA) is 42.4 Å². The van der Waals surface area contributed by atoms with E-state index in [-0.39, 0.29) is 6.61 Å². The van der Waals surface area contributed by atoms with Gasteiger partial charge in [-0.05, 0) is 25.0 Å². The van der Waals surface area contributed by atoms with Crippen LogP contribution in [0.4, 0.5) is 0 Å². The van der Waals surface area contributed by atoms with E-state index in [1.807, 2.05) is 13.0 Å². The van der Waals surface area contributed by atoms with Crippen molar-refractivity contribution < 1.29 is 9.84 Å². The number of hydrogen-bond donors (Lipinski definition) is 1. The fourth-order valence-corrected chi connectivity index (χ4v) is 1.19. The monoisotopic (exact) mass is 195 g/mol. The van der Waals surface area contributed by atoms with Gasteiger partial charge in [-0.25, -0.2) is 4.98 Å². The summed E-state index contributed by atoms with van der Waals surface area (Å²) in [4.78, 5) is 4.22. The van der Waals surface area contributed by atoms with Gasteiger partial charge in [-0.2, -0.15) is 0 Å². The third kappa shape index (κ3) is 3.34. The van der Waals surface area contributed by atoms with E-state index in [0.29, 0.717) is 12.5 Å². The lowest BCUT2D eigenvalue weighted by atomic mass is 10.2. The second kappa shape index (κ2) is 5.60. The summed E-state index contributed by atoms with van der Waals surface area (Å²) in [5.41, 5.74) is 1.73. The Balaban J connectivity index is 2.62. The summed E-state index contributed by atoms with van der Waals surface area (Å²) in [5.74, 6) is 0.613. The minimum absolute atomic E-state index is 0.0352. The van der Waals surface area contributed by atoms with Crippen LogP contribution in [0.15, 0.2) is 12.1 Å². The van der Waals surface area contributed by atoms with Crippen LogP contribution in [0.3, 0.4) is 0 Å². The van der Waals surface area contributed by atoms with Gasteiger partial charge in [0.05, 0.1) is 13.2 Å². The highest BCUT2D eigenvalue weighted by Crippen LogP contribution is 2.12. The van der Waals surface area contributed by atoms with Crippen molar-refractivity contribution in [2.24, 2.45) is 0 Å². The van der Waals surface area contributed by atoms with Gasteiger partial charge in [0.2, 0.25) is 5.88 Å². The maximum atomic E-state index is 8.97. The molecular weight excluding hydrogens is 178 g/mol. The third-order valence-corrected chi connectivity index (χ3v) is 1.92. The van der Waals surface area contributed by atoms with E-state index in [1.165, 1.54) is 0 Å². The second-order valence-electron chi connectivity index (χ2n) is 3.32. The summed E-state index contributed by atoms with van der Waals surface area (Å²) in [5, 5.41) is 8.97. The second-order valence-corrected chi connectivity index (χ2v) is 3.32. The number of aryl methyl sites for hydroxylation is 1. The van der Waals surface area contributed by atoms with Gasteiger partial charge >= 0.3 is 0 Å². The minimum Gasteiger partial charge on any atom is -0.478 e. The number of aliphatic hydroxyl groups excluding tert-OH is 1. The minimum atomic E-state index is 0.0352. The quantitative estimate of drug-likeness (QED) is 0.731. The number of ether oxygens (including phenoxy) is 1. The van der Waals surface area contributed by atoms with E-state index in [0.717, 1.165) is 24.1 Å². The molecule has 1 rings (SSSR count). The number of aliphatic hydroxyl groups is 1. The molecule has 1 aromatic heterocycles. The van der Waals surface area contributed by atoms with Gasteiger partial charge in [0.1, 0.15) is 0 Å². The molecule has 0 saturated carbocycles. The summed E-state index contributed by atoms with van der Waals surface area (Å²) in [6.45, 7) is 4.74. The first-order valence-electron chi connectivity index (χ1n) is 4.97. The Morgan fingerprint density at radius 2 is 2.21 bits per heavy atom. The lowest BCUT2D eigenvalue weighted by Crippen LogP contribution is -2.00. The Hall–Kier alpha value is -1.09. The Bertz CT molecular complexity index is 287. The van der Waals surface area contributed by atoms with Gasteiger partial charge in [0, 0.05) is 11.8 Å². The van der Waals surface area contributed by atoms with Crippen molar-refractivity contribution in [3.05, 3.63) is 23.4 Å². The molecule has 3 nitrogen and oxygen atoms in total. The molecule has 1 N–H and O–H groups in total. The zero-order valence-corrected chi connectivity index (χ0v) is 8.79. The van der Waals surface area contributed by atoms with Crippen LogP contribution in [0.25, 0.3) is 0 Å². The molecule has 0 aliphatic carbocycles. The molecular formula is C11H17NO2. The molecule has 14 heavy (non-hydrogen) atoms. The molecule has 0 unspecified atom stereocenters. The Kier molecular flexibility index (Phi) is 4.40. The summed E-state index contributed by atoms with van der Waals surface area (Å²) in [6.07, 6.45) is 2.14. The van der Waals surface area contributed by atoms with Crippen molar-refractivity contribution >= 4 is 0 Å². The third-order valence-electron chi connectivity index (χ3n) is 1.92. The van der Waals surface area contributed by atoms with Gasteiger partial charge in [0.25, 0.3) is 0 Å². The van der Waals surface area contributed by atoms with Crippen LogP contribution >= 0.6 is 0 Å². The summed E-state index contributed by atoms with van der Waals surface area (Å²) in [7, 11) is 0. The number of rotatable bonds is 5. The summed E-state index contributed by atoms with van der Waals surface area (Å²) in [6, 6.07) is 3.63. The number of pyridine rings is 1. The molecule has 0 atom stereocenters. The van der Waals surface area contributed by atoms with Gasteiger partial charge in [-0.3, -0.25) is 0 Å². The normalized spacial score (nSPS) is 10.2. The van der Waals surface area contributed by atoms with Crippen molar-refractivity contribution in [1.29, 1.82) is 0 Å². The number of hydrogen-bond acceptors (Lipinski definition) is 3. The van der Waals surface area contributed by atoms with Crippen LogP contribution in [0.5, 0.6) is 5.88 Å². The fourth-order valence-electron chi connectivity index (χ4n) is 1.19. The highest BCUT2D eigenvalue weighted by molar-refractivity contribution is 5.23. The lowest BCUT2D eigenvalue weighted by molar-refractivity contribution is 0.275. The molecule has 0 aliphatic rings. The van der Waals surface area contributed by atoms with Crippen LogP contribution in [0, 0.1) is 6.92 Å². The van der Waals surface area contributed by atoms with Crippen LogP contribution in [0.1, 0.15) is 31.0 Å². The highest BCUT2D eigenvalue weighted by atomic mass is 16.5. The first-order chi connectivity index (χ1) is 6.76. The van der Waals surface area contributed by atoms with E-state index in [4.69, 9.17) is 9.84 Å². The molecule has 0 amide bonds. The van der Waals surface area contributed by atoms with E-state index in [9.17, 15) is 0 Å². The SMILES string of the molecule is CCCCOc1cc(CO)cc(C)n1. The molecule has 78 valence electrons. The predicted octanol–water partition coefficient (Wildman–Crippen LogP) is 2.06. The maximum absolute atomic E-state index is 8.97. The first kappa shape index (κ1) is 11.0. The van der Waals surface area contributed by atoms with Crippen LogP contribution < -0.4 is 4.74 Å². The van der Waals surface area contributed by atoms with Crippen LogP contribution in [-0.4, -0.2) is 16.7 Å². The molecule has 1 aromatic rings. The fraction of sp³-hybridized carbons (Fsp3) is 0.545. The number of nitrogens with zero attached hydrogens (tertiary/aromatic N) is 1. The molecule has 1 heterocycles. The smallest absolute Gasteiger partial charge is 0.213 e. The standard InChI is InChI=1S/C11H17NO2/c1-3-4-5-14-11-7-10(8-13)6-9(2)12-11/h6-7,13H,3-5,8H2,1-2H3. The molecule has 0 aliphatic heterocycles. The largest absolute Gasteiger partial charge is 0.478 e. The van der Waals surface area contributed by atoms with Crippen molar-refractivity contribution in [2.45, 2.75) is 33.3 Å². The molecule has 0 spiro atoms. The maximum Gasteiger partial charge on any atom is 0.213 e. The Morgan fingerprint density at radius 3 is 2.86 bits per heavy atom. The van der Waals surface area contributed by atoms with E-state index >= 15 is 0 Å². The Labute approximate surface area is 84.7 Å². The van der Waals surface area contributed by atoms with E-state index in [2.05, 4.69) is 11.9 Å². The number of aromatic nitrogens is 1. The molecule has 0 saturated heterocycles. The van der Waals surface area contributed by atoms with E-state index in [1.54, 1.807) is 6.07 Å². The van der Waals surface area contributed by atoms with Gasteiger partial charge in [-0.15, -0.1) is 0 Å². The first-order valence-corrected chi connectivity index (χ1v) is 4.97. The van der Waals surface area contributed by atoms with Crippen molar-refractivity contribution in [3.8, 4) is 5.88 Å². The Morgan fingerprint density at radius 1 is 1.43 bits per heavy atom. The van der Waals surface area contributed by atoms with Crippen molar-refractivity contribution in [1.82, 2.24) is 4.98 Å². The lowest BCUT2D eigenvalue weighted by Gasteiger charge is -2.06. The van der Waals surface area contributed by atoms with Gasteiger partial charge < -0.3 is 9.84 Å². The van der Waals surface area contributed by atoms with E-state index < -0.39 is 0 Å². The molecule has 0 fully saturated rings.